The molecule has 1 aromatic rings. The van der Waals surface area contributed by atoms with Crippen LogP contribution >= 0.6 is 0 Å². The summed E-state index contributed by atoms with van der Waals surface area (Å²) in [5.74, 6) is 2.13. The topological polar surface area (TPSA) is 18.5 Å². The Balaban J connectivity index is 1.76. The van der Waals surface area contributed by atoms with Crippen molar-refractivity contribution in [3.05, 3.63) is 41.8 Å². The molecule has 1 aromatic carbocycles. The van der Waals surface area contributed by atoms with E-state index in [0.717, 1.165) is 11.5 Å². The second-order valence-electron chi connectivity index (χ2n) is 7.69. The van der Waals surface area contributed by atoms with E-state index in [9.17, 15) is 0 Å². The summed E-state index contributed by atoms with van der Waals surface area (Å²) in [4.78, 5) is 0. The number of benzene rings is 1. The van der Waals surface area contributed by atoms with Gasteiger partial charge in [-0.1, -0.05) is 94.5 Å². The van der Waals surface area contributed by atoms with Crippen molar-refractivity contribution in [3.63, 3.8) is 0 Å². The highest BCUT2D eigenvalue weighted by Crippen LogP contribution is 2.42. The molecule has 136 valence electrons. The summed E-state index contributed by atoms with van der Waals surface area (Å²) in [6.07, 6.45) is 15.6. The van der Waals surface area contributed by atoms with E-state index in [0.29, 0.717) is 25.2 Å². The predicted octanol–water partition coefficient (Wildman–Crippen LogP) is 6.70. The molecule has 0 heterocycles. The van der Waals surface area contributed by atoms with Crippen molar-refractivity contribution in [3.8, 4) is 0 Å². The van der Waals surface area contributed by atoms with Crippen LogP contribution in [0.1, 0.15) is 76.7 Å². The Kier molecular flexibility index (Phi) is 7.32. The molecule has 2 nitrogen and oxygen atoms in total. The zero-order chi connectivity index (χ0) is 17.3. The van der Waals surface area contributed by atoms with Crippen LogP contribution in [0.3, 0.4) is 0 Å². The molecule has 3 rings (SSSR count). The average molecular weight is 340 g/mol. The van der Waals surface area contributed by atoms with Gasteiger partial charge in [-0.25, -0.2) is 0 Å². The van der Waals surface area contributed by atoms with Gasteiger partial charge in [0.05, 0.1) is 6.61 Å². The Bertz CT molecular complexity index is 498. The summed E-state index contributed by atoms with van der Waals surface area (Å²) in [6, 6.07) is 10.4. The molecule has 0 saturated heterocycles. The first-order valence-electron chi connectivity index (χ1n) is 10.4. The molecule has 2 saturated carbocycles. The quantitative estimate of drug-likeness (QED) is 0.406. The molecule has 2 aliphatic rings. The van der Waals surface area contributed by atoms with Gasteiger partial charge in [0.25, 0.3) is 5.95 Å². The minimum Gasteiger partial charge on any atom is -0.535 e. The molecule has 0 bridgehead atoms. The fraction of sp³-hybridized carbons (Fsp3) is 0.636. The van der Waals surface area contributed by atoms with Crippen molar-refractivity contribution in [1.29, 1.82) is 0 Å². The van der Waals surface area contributed by atoms with Crippen LogP contribution in [0, 0.1) is 0 Å². The van der Waals surface area contributed by atoms with Gasteiger partial charge in [0, 0.05) is 6.08 Å². The van der Waals surface area contributed by atoms with Crippen molar-refractivity contribution in [2.24, 2.45) is 0 Å². The van der Waals surface area contributed by atoms with Gasteiger partial charge in [0.2, 0.25) is 0 Å². The van der Waals surface area contributed by atoms with E-state index in [-0.39, 0.29) is 0 Å². The lowest BCUT2D eigenvalue weighted by Crippen LogP contribution is -2.33. The summed E-state index contributed by atoms with van der Waals surface area (Å²) in [5, 5.41) is 0. The molecule has 0 spiro atoms. The summed E-state index contributed by atoms with van der Waals surface area (Å²) >= 11 is 0. The van der Waals surface area contributed by atoms with Gasteiger partial charge in [-0.05, 0) is 24.1 Å². The van der Waals surface area contributed by atoms with E-state index in [1.165, 1.54) is 64.2 Å². The first-order chi connectivity index (χ1) is 12.4. The number of hydrogen-bond acceptors (Lipinski definition) is 2. The van der Waals surface area contributed by atoms with Crippen molar-refractivity contribution in [1.82, 2.24) is 0 Å². The second-order valence-corrected chi connectivity index (χ2v) is 7.69. The van der Waals surface area contributed by atoms with Crippen LogP contribution in [0.25, 0.3) is 6.08 Å². The van der Waals surface area contributed by atoms with Crippen molar-refractivity contribution in [2.75, 3.05) is 6.61 Å². The molecule has 0 radical (unpaired) electrons. The average Bonchev–Trinajstić information content (AvgIpc) is 2.68. The van der Waals surface area contributed by atoms with Gasteiger partial charge in [0.15, 0.2) is 0 Å². The third-order valence-corrected chi connectivity index (χ3v) is 5.85. The van der Waals surface area contributed by atoms with E-state index >= 15 is 0 Å². The molecular formula is C22H33BO2. The smallest absolute Gasteiger partial charge is 0.368 e. The highest BCUT2D eigenvalue weighted by molar-refractivity contribution is 6.55. The molecule has 25 heavy (non-hydrogen) atoms. The molecular weight excluding hydrogens is 307 g/mol. The third kappa shape index (κ3) is 5.55. The molecule has 2 fully saturated rings. The predicted molar refractivity (Wildman–Crippen MR) is 107 cm³/mol. The van der Waals surface area contributed by atoms with Gasteiger partial charge in [-0.2, -0.15) is 0 Å². The largest absolute Gasteiger partial charge is 0.535 e. The van der Waals surface area contributed by atoms with Gasteiger partial charge < -0.3 is 9.39 Å². The van der Waals surface area contributed by atoms with E-state index in [4.69, 9.17) is 9.39 Å². The lowest BCUT2D eigenvalue weighted by atomic mass is 9.42. The highest BCUT2D eigenvalue weighted by atomic mass is 16.7. The van der Waals surface area contributed by atoms with Crippen LogP contribution in [0.2, 0.25) is 11.6 Å². The summed E-state index contributed by atoms with van der Waals surface area (Å²) in [5.41, 5.74) is 1.15. The first-order valence-corrected chi connectivity index (χ1v) is 10.4. The molecule has 0 N–H and O–H groups in total. The molecule has 0 unspecified atom stereocenters. The molecule has 2 aliphatic carbocycles. The normalized spacial score (nSPS) is 20.3. The van der Waals surface area contributed by atoms with Crippen LogP contribution in [0.5, 0.6) is 0 Å². The van der Waals surface area contributed by atoms with Crippen LogP contribution in [-0.2, 0) is 9.39 Å². The zero-order valence-corrected chi connectivity index (χ0v) is 15.8. The highest BCUT2D eigenvalue weighted by Gasteiger charge is 2.39. The van der Waals surface area contributed by atoms with Crippen LogP contribution in [-0.4, -0.2) is 13.5 Å². The number of hydrogen-bond donors (Lipinski definition) is 0. The fourth-order valence-electron chi connectivity index (χ4n) is 4.57. The first kappa shape index (κ1) is 18.4. The second kappa shape index (κ2) is 9.94. The van der Waals surface area contributed by atoms with Crippen molar-refractivity contribution < 1.29 is 9.39 Å². The van der Waals surface area contributed by atoms with Gasteiger partial charge in [-0.15, -0.1) is 0 Å². The van der Waals surface area contributed by atoms with Crippen LogP contribution < -0.4 is 0 Å². The standard InChI is InChI=1S/C22H33BO2/c1-2-24-22(18-19-12-6-3-7-13-19)25-23(20-14-8-4-9-15-20)21-16-10-5-11-17-21/h3,6-7,12-13,18,20-21H,2,4-5,8-11,14-17H2,1H3/b22-18+. The van der Waals surface area contributed by atoms with E-state index in [1.807, 2.05) is 13.0 Å². The molecule has 0 amide bonds. The SMILES string of the molecule is CCO/C(=C\c1ccccc1)OB(C1CCCCC1)C1CCCCC1. The van der Waals surface area contributed by atoms with Crippen LogP contribution in [0.15, 0.2) is 36.3 Å². The zero-order valence-electron chi connectivity index (χ0n) is 15.8. The monoisotopic (exact) mass is 340 g/mol. The van der Waals surface area contributed by atoms with Gasteiger partial charge in [0.1, 0.15) is 0 Å². The number of ether oxygens (including phenoxy) is 1. The fourth-order valence-corrected chi connectivity index (χ4v) is 4.57. The Morgan fingerprint density at radius 2 is 1.48 bits per heavy atom. The Hall–Kier alpha value is -1.38. The maximum atomic E-state index is 6.61. The van der Waals surface area contributed by atoms with Crippen molar-refractivity contribution in [2.45, 2.75) is 82.8 Å². The van der Waals surface area contributed by atoms with Gasteiger partial charge >= 0.3 is 6.92 Å². The minimum absolute atomic E-state index is 0.335. The molecule has 0 aromatic heterocycles. The summed E-state index contributed by atoms with van der Waals surface area (Å²) in [6.45, 7) is 3.03. The Morgan fingerprint density at radius 3 is 2.00 bits per heavy atom. The molecule has 0 atom stereocenters. The lowest BCUT2D eigenvalue weighted by Gasteiger charge is -2.35. The van der Waals surface area contributed by atoms with E-state index in [1.54, 1.807) is 0 Å². The van der Waals surface area contributed by atoms with Crippen molar-refractivity contribution >= 4 is 13.0 Å². The summed E-state index contributed by atoms with van der Waals surface area (Å²) in [7, 11) is 0. The maximum absolute atomic E-state index is 6.61. The third-order valence-electron chi connectivity index (χ3n) is 5.85. The lowest BCUT2D eigenvalue weighted by molar-refractivity contribution is 0.114. The molecule has 0 aliphatic heterocycles. The van der Waals surface area contributed by atoms with Crippen LogP contribution in [0.4, 0.5) is 0 Å². The van der Waals surface area contributed by atoms with Gasteiger partial charge in [-0.3, -0.25) is 0 Å². The maximum Gasteiger partial charge on any atom is 0.368 e. The minimum atomic E-state index is 0.335. The van der Waals surface area contributed by atoms with E-state index < -0.39 is 0 Å². The Morgan fingerprint density at radius 1 is 0.920 bits per heavy atom. The van der Waals surface area contributed by atoms with E-state index in [2.05, 4.69) is 30.3 Å². The summed E-state index contributed by atoms with van der Waals surface area (Å²) < 4.78 is 12.5. The Labute approximate surface area is 154 Å². The molecule has 3 heteroatoms. The number of rotatable bonds is 7.